The molecule has 4 heteroatoms. The summed E-state index contributed by atoms with van der Waals surface area (Å²) in [6.45, 7) is 3.20. The summed E-state index contributed by atoms with van der Waals surface area (Å²) in [5.74, 6) is -0.302. The van der Waals surface area contributed by atoms with Crippen molar-refractivity contribution in [2.24, 2.45) is 5.41 Å². The van der Waals surface area contributed by atoms with Gasteiger partial charge >= 0.3 is 5.97 Å². The van der Waals surface area contributed by atoms with Gasteiger partial charge in [-0.05, 0) is 37.7 Å². The van der Waals surface area contributed by atoms with Crippen LogP contribution in [0.3, 0.4) is 0 Å². The van der Waals surface area contributed by atoms with Crippen molar-refractivity contribution < 1.29 is 9.53 Å². The first-order chi connectivity index (χ1) is 7.22. The van der Waals surface area contributed by atoms with Gasteiger partial charge in [0.1, 0.15) is 0 Å². The molecule has 0 aromatic carbocycles. The standard InChI is InChI=1S/C11H14N2O2/c1-2-15-10(14)9-5-8-6-11(3-4-11)7-13(8)12-9/h5H,2-4,6-7H2,1H3. The van der Waals surface area contributed by atoms with Crippen LogP contribution in [0.2, 0.25) is 0 Å². The molecule has 1 saturated carbocycles. The van der Waals surface area contributed by atoms with Gasteiger partial charge in [-0.2, -0.15) is 5.10 Å². The van der Waals surface area contributed by atoms with Gasteiger partial charge in [0.25, 0.3) is 0 Å². The monoisotopic (exact) mass is 206 g/mol. The van der Waals surface area contributed by atoms with Gasteiger partial charge in [-0.25, -0.2) is 4.79 Å². The number of aromatic nitrogens is 2. The van der Waals surface area contributed by atoms with Crippen LogP contribution in [-0.2, 0) is 17.7 Å². The second-order valence-electron chi connectivity index (χ2n) is 4.58. The zero-order valence-corrected chi connectivity index (χ0v) is 8.82. The number of fused-ring (bicyclic) bond motifs is 1. The fourth-order valence-electron chi connectivity index (χ4n) is 2.31. The maximum atomic E-state index is 11.4. The third-order valence-electron chi connectivity index (χ3n) is 3.35. The van der Waals surface area contributed by atoms with Gasteiger partial charge < -0.3 is 4.74 Å². The molecule has 0 N–H and O–H groups in total. The van der Waals surface area contributed by atoms with Crippen molar-refractivity contribution in [3.8, 4) is 0 Å². The minimum Gasteiger partial charge on any atom is -0.461 e. The summed E-state index contributed by atoms with van der Waals surface area (Å²) >= 11 is 0. The lowest BCUT2D eigenvalue weighted by Crippen LogP contribution is -2.09. The summed E-state index contributed by atoms with van der Waals surface area (Å²) in [6, 6.07) is 1.88. The number of carbonyl (C=O) groups excluding carboxylic acids is 1. The third kappa shape index (κ3) is 1.35. The van der Waals surface area contributed by atoms with Crippen molar-refractivity contribution in [2.75, 3.05) is 6.61 Å². The Morgan fingerprint density at radius 3 is 3.07 bits per heavy atom. The largest absolute Gasteiger partial charge is 0.461 e. The van der Waals surface area contributed by atoms with Crippen LogP contribution in [-0.4, -0.2) is 22.4 Å². The molecule has 1 spiro atoms. The molecule has 0 saturated heterocycles. The molecule has 0 radical (unpaired) electrons. The fraction of sp³-hybridized carbons (Fsp3) is 0.636. The Kier molecular flexibility index (Phi) is 1.69. The molecule has 0 amide bonds. The van der Waals surface area contributed by atoms with Gasteiger partial charge in [0.2, 0.25) is 0 Å². The number of esters is 1. The maximum absolute atomic E-state index is 11.4. The van der Waals surface area contributed by atoms with E-state index in [1.165, 1.54) is 18.5 Å². The average molecular weight is 206 g/mol. The highest BCUT2D eigenvalue weighted by molar-refractivity contribution is 5.87. The Labute approximate surface area is 88.2 Å². The lowest BCUT2D eigenvalue weighted by molar-refractivity contribution is 0.0518. The van der Waals surface area contributed by atoms with E-state index in [1.807, 2.05) is 10.7 Å². The van der Waals surface area contributed by atoms with E-state index in [9.17, 15) is 4.79 Å². The molecule has 2 heterocycles. The summed E-state index contributed by atoms with van der Waals surface area (Å²) in [7, 11) is 0. The summed E-state index contributed by atoms with van der Waals surface area (Å²) < 4.78 is 6.89. The first kappa shape index (κ1) is 8.95. The van der Waals surface area contributed by atoms with Crippen LogP contribution in [0.25, 0.3) is 0 Å². The molecular weight excluding hydrogens is 192 g/mol. The van der Waals surface area contributed by atoms with Gasteiger partial charge in [0.05, 0.1) is 6.61 Å². The predicted molar refractivity (Wildman–Crippen MR) is 53.6 cm³/mol. The van der Waals surface area contributed by atoms with Crippen molar-refractivity contribution in [1.29, 1.82) is 0 Å². The lowest BCUT2D eigenvalue weighted by atomic mass is 10.0. The van der Waals surface area contributed by atoms with Crippen molar-refractivity contribution >= 4 is 5.97 Å². The Morgan fingerprint density at radius 1 is 1.67 bits per heavy atom. The molecule has 0 atom stereocenters. The lowest BCUT2D eigenvalue weighted by Gasteiger charge is -2.02. The Balaban J connectivity index is 1.81. The number of nitrogens with zero attached hydrogens (tertiary/aromatic N) is 2. The van der Waals surface area contributed by atoms with Gasteiger partial charge in [0.15, 0.2) is 5.69 Å². The summed E-state index contributed by atoms with van der Waals surface area (Å²) in [4.78, 5) is 11.4. The number of hydrogen-bond donors (Lipinski definition) is 0. The molecule has 1 aliphatic heterocycles. The number of carbonyl (C=O) groups is 1. The quantitative estimate of drug-likeness (QED) is 0.687. The molecular formula is C11H14N2O2. The predicted octanol–water partition coefficient (Wildman–Crippen LogP) is 1.40. The molecule has 2 aliphatic rings. The van der Waals surface area contributed by atoms with Crippen molar-refractivity contribution in [2.45, 2.75) is 32.7 Å². The molecule has 15 heavy (non-hydrogen) atoms. The first-order valence-corrected chi connectivity index (χ1v) is 5.46. The summed E-state index contributed by atoms with van der Waals surface area (Å²) in [6.07, 6.45) is 3.70. The molecule has 1 aromatic heterocycles. The van der Waals surface area contributed by atoms with Gasteiger partial charge in [0, 0.05) is 12.2 Å². The fourth-order valence-corrected chi connectivity index (χ4v) is 2.31. The maximum Gasteiger partial charge on any atom is 0.358 e. The van der Waals surface area contributed by atoms with Gasteiger partial charge in [-0.15, -0.1) is 0 Å². The van der Waals surface area contributed by atoms with Crippen LogP contribution in [0.15, 0.2) is 6.07 Å². The molecule has 0 unspecified atom stereocenters. The Hall–Kier alpha value is -1.32. The van der Waals surface area contributed by atoms with Crippen LogP contribution < -0.4 is 0 Å². The second-order valence-corrected chi connectivity index (χ2v) is 4.58. The molecule has 1 fully saturated rings. The van der Waals surface area contributed by atoms with E-state index in [4.69, 9.17) is 4.74 Å². The van der Waals surface area contributed by atoms with Gasteiger partial charge in [-0.3, -0.25) is 4.68 Å². The van der Waals surface area contributed by atoms with Crippen LogP contribution in [0.1, 0.15) is 35.9 Å². The zero-order valence-electron chi connectivity index (χ0n) is 8.82. The topological polar surface area (TPSA) is 44.1 Å². The molecule has 1 aliphatic carbocycles. The molecule has 4 nitrogen and oxygen atoms in total. The SMILES string of the molecule is CCOC(=O)c1cc2n(n1)CC1(CC1)C2. The van der Waals surface area contributed by atoms with Crippen molar-refractivity contribution in [1.82, 2.24) is 9.78 Å². The zero-order chi connectivity index (χ0) is 10.5. The molecule has 3 rings (SSSR count). The van der Waals surface area contributed by atoms with Crippen LogP contribution in [0.4, 0.5) is 0 Å². The van der Waals surface area contributed by atoms with Crippen LogP contribution in [0, 0.1) is 5.41 Å². The highest BCUT2D eigenvalue weighted by atomic mass is 16.5. The second kappa shape index (κ2) is 2.84. The normalized spacial score (nSPS) is 20.3. The summed E-state index contributed by atoms with van der Waals surface area (Å²) in [5, 5.41) is 4.29. The number of rotatable bonds is 2. The smallest absolute Gasteiger partial charge is 0.358 e. The van der Waals surface area contributed by atoms with E-state index < -0.39 is 0 Å². The van der Waals surface area contributed by atoms with Crippen LogP contribution >= 0.6 is 0 Å². The minimum atomic E-state index is -0.302. The minimum absolute atomic E-state index is 0.302. The van der Waals surface area contributed by atoms with Crippen molar-refractivity contribution in [3.63, 3.8) is 0 Å². The van der Waals surface area contributed by atoms with E-state index in [0.29, 0.717) is 17.7 Å². The van der Waals surface area contributed by atoms with Crippen LogP contribution in [0.5, 0.6) is 0 Å². The number of ether oxygens (including phenoxy) is 1. The average Bonchev–Trinajstić information content (AvgIpc) is 2.66. The Morgan fingerprint density at radius 2 is 2.47 bits per heavy atom. The molecule has 1 aromatic rings. The molecule has 0 bridgehead atoms. The van der Waals surface area contributed by atoms with Gasteiger partial charge in [-0.1, -0.05) is 0 Å². The van der Waals surface area contributed by atoms with E-state index in [2.05, 4.69) is 5.10 Å². The summed E-state index contributed by atoms with van der Waals surface area (Å²) in [5.41, 5.74) is 2.16. The highest BCUT2D eigenvalue weighted by Gasteiger charge is 2.48. The van der Waals surface area contributed by atoms with E-state index >= 15 is 0 Å². The Bertz CT molecular complexity index is 393. The number of hydrogen-bond acceptors (Lipinski definition) is 3. The van der Waals surface area contributed by atoms with E-state index in [-0.39, 0.29) is 5.97 Å². The van der Waals surface area contributed by atoms with E-state index in [1.54, 1.807) is 6.92 Å². The van der Waals surface area contributed by atoms with E-state index in [0.717, 1.165) is 13.0 Å². The highest BCUT2D eigenvalue weighted by Crippen LogP contribution is 2.53. The van der Waals surface area contributed by atoms with Crippen molar-refractivity contribution in [3.05, 3.63) is 17.5 Å². The molecule has 80 valence electrons. The third-order valence-corrected chi connectivity index (χ3v) is 3.35. The first-order valence-electron chi connectivity index (χ1n) is 5.46.